The molecule has 1 saturated heterocycles. The largest absolute Gasteiger partial charge is 0.493 e. The Kier molecular flexibility index (Phi) is 5.20. The maximum absolute atomic E-state index is 12.4. The predicted octanol–water partition coefficient (Wildman–Crippen LogP) is 2.29. The van der Waals surface area contributed by atoms with Gasteiger partial charge >= 0.3 is 0 Å². The van der Waals surface area contributed by atoms with Crippen molar-refractivity contribution in [2.24, 2.45) is 0 Å². The number of para-hydroxylation sites is 1. The van der Waals surface area contributed by atoms with Crippen LogP contribution in [0.4, 0.5) is 0 Å². The van der Waals surface area contributed by atoms with E-state index >= 15 is 0 Å². The first kappa shape index (κ1) is 15.4. The number of likely N-dealkylation sites (tertiary alicyclic amines) is 1. The van der Waals surface area contributed by atoms with Crippen molar-refractivity contribution < 1.29 is 19.1 Å². The minimum atomic E-state index is -0.641. The van der Waals surface area contributed by atoms with Crippen LogP contribution in [0.3, 0.4) is 0 Å². The summed E-state index contributed by atoms with van der Waals surface area (Å²) in [6.07, 6.45) is 3.30. The molecule has 1 unspecified atom stereocenters. The van der Waals surface area contributed by atoms with E-state index in [2.05, 4.69) is 0 Å². The third kappa shape index (κ3) is 3.54. The number of carbonyl (C=O) groups is 2. The van der Waals surface area contributed by atoms with Crippen LogP contribution in [0.25, 0.3) is 0 Å². The normalized spacial score (nSPS) is 16.2. The second-order valence-electron chi connectivity index (χ2n) is 5.14. The van der Waals surface area contributed by atoms with Crippen LogP contribution < -0.4 is 9.47 Å². The van der Waals surface area contributed by atoms with Gasteiger partial charge in [-0.3, -0.25) is 9.59 Å². The van der Waals surface area contributed by atoms with Crippen LogP contribution in [0.5, 0.6) is 11.5 Å². The number of amides is 1. The van der Waals surface area contributed by atoms with E-state index < -0.39 is 6.10 Å². The molecule has 0 aliphatic carbocycles. The van der Waals surface area contributed by atoms with Gasteiger partial charge in [-0.25, -0.2) is 0 Å². The zero-order valence-corrected chi connectivity index (χ0v) is 12.5. The highest BCUT2D eigenvalue weighted by atomic mass is 16.5. The van der Waals surface area contributed by atoms with Crippen LogP contribution in [0, 0.1) is 0 Å². The lowest BCUT2D eigenvalue weighted by Gasteiger charge is -2.29. The van der Waals surface area contributed by atoms with E-state index in [-0.39, 0.29) is 5.91 Å². The molecule has 1 atom stereocenters. The van der Waals surface area contributed by atoms with Crippen molar-refractivity contribution in [2.45, 2.75) is 32.3 Å². The van der Waals surface area contributed by atoms with Crippen molar-refractivity contribution in [1.29, 1.82) is 0 Å². The molecule has 0 radical (unpaired) electrons. The monoisotopic (exact) mass is 291 g/mol. The molecule has 0 aromatic heterocycles. The molecule has 5 nitrogen and oxygen atoms in total. The average molecular weight is 291 g/mol. The van der Waals surface area contributed by atoms with E-state index in [9.17, 15) is 9.59 Å². The maximum Gasteiger partial charge on any atom is 0.263 e. The van der Waals surface area contributed by atoms with Gasteiger partial charge < -0.3 is 14.4 Å². The van der Waals surface area contributed by atoms with Crippen LogP contribution in [-0.2, 0) is 4.79 Å². The smallest absolute Gasteiger partial charge is 0.263 e. The second kappa shape index (κ2) is 7.11. The zero-order chi connectivity index (χ0) is 15.2. The molecule has 5 heteroatoms. The standard InChI is InChI=1S/C16H21NO4/c1-12(16(19)17-9-4-3-5-10-17)21-15-13(11-18)7-6-8-14(15)20-2/h6-8,11-12H,3-5,9-10H2,1-2H3. The minimum Gasteiger partial charge on any atom is -0.493 e. The fraction of sp³-hybridized carbons (Fsp3) is 0.500. The highest BCUT2D eigenvalue weighted by Crippen LogP contribution is 2.31. The van der Waals surface area contributed by atoms with Crippen molar-refractivity contribution >= 4 is 12.2 Å². The van der Waals surface area contributed by atoms with E-state index in [1.54, 1.807) is 25.1 Å². The summed E-state index contributed by atoms with van der Waals surface area (Å²) in [7, 11) is 1.51. The topological polar surface area (TPSA) is 55.8 Å². The van der Waals surface area contributed by atoms with Crippen molar-refractivity contribution in [2.75, 3.05) is 20.2 Å². The predicted molar refractivity (Wildman–Crippen MR) is 78.9 cm³/mol. The molecule has 0 bridgehead atoms. The van der Waals surface area contributed by atoms with Gasteiger partial charge in [0.25, 0.3) is 5.91 Å². The van der Waals surface area contributed by atoms with E-state index in [1.807, 2.05) is 4.90 Å². The first-order chi connectivity index (χ1) is 10.2. The SMILES string of the molecule is COc1cccc(C=O)c1OC(C)C(=O)N1CCCCC1. The Hall–Kier alpha value is -2.04. The number of methoxy groups -OCH3 is 1. The van der Waals surface area contributed by atoms with Gasteiger partial charge in [0.05, 0.1) is 12.7 Å². The number of nitrogens with zero attached hydrogens (tertiary/aromatic N) is 1. The van der Waals surface area contributed by atoms with E-state index in [0.29, 0.717) is 23.3 Å². The van der Waals surface area contributed by atoms with Gasteiger partial charge in [-0.1, -0.05) is 6.07 Å². The Balaban J connectivity index is 2.13. The first-order valence-electron chi connectivity index (χ1n) is 7.25. The molecule has 0 spiro atoms. The Bertz CT molecular complexity index is 509. The van der Waals surface area contributed by atoms with E-state index in [0.717, 1.165) is 25.9 Å². The summed E-state index contributed by atoms with van der Waals surface area (Å²) in [5.41, 5.74) is 0.382. The number of piperidine rings is 1. The van der Waals surface area contributed by atoms with Gasteiger partial charge in [0.2, 0.25) is 0 Å². The Morgan fingerprint density at radius 2 is 2.00 bits per heavy atom. The van der Waals surface area contributed by atoms with Gasteiger partial charge in [0.1, 0.15) is 0 Å². The molecule has 21 heavy (non-hydrogen) atoms. The Morgan fingerprint density at radius 1 is 1.29 bits per heavy atom. The lowest BCUT2D eigenvalue weighted by molar-refractivity contribution is -0.138. The summed E-state index contributed by atoms with van der Waals surface area (Å²) >= 11 is 0. The quantitative estimate of drug-likeness (QED) is 0.781. The lowest BCUT2D eigenvalue weighted by atomic mass is 10.1. The molecule has 2 rings (SSSR count). The summed E-state index contributed by atoms with van der Waals surface area (Å²) in [6.45, 7) is 3.26. The highest BCUT2D eigenvalue weighted by molar-refractivity contribution is 5.83. The van der Waals surface area contributed by atoms with Crippen molar-refractivity contribution in [3.63, 3.8) is 0 Å². The highest BCUT2D eigenvalue weighted by Gasteiger charge is 2.25. The van der Waals surface area contributed by atoms with E-state index in [1.165, 1.54) is 13.5 Å². The molecular formula is C16H21NO4. The van der Waals surface area contributed by atoms with Crippen molar-refractivity contribution in [1.82, 2.24) is 4.90 Å². The lowest BCUT2D eigenvalue weighted by Crippen LogP contribution is -2.43. The average Bonchev–Trinajstić information content (AvgIpc) is 2.55. The van der Waals surface area contributed by atoms with Crippen molar-refractivity contribution in [3.05, 3.63) is 23.8 Å². The Morgan fingerprint density at radius 3 is 2.62 bits per heavy atom. The molecular weight excluding hydrogens is 270 g/mol. The van der Waals surface area contributed by atoms with Gasteiger partial charge in [0.15, 0.2) is 23.9 Å². The molecule has 1 amide bonds. The minimum absolute atomic E-state index is 0.0440. The number of hydrogen-bond donors (Lipinski definition) is 0. The number of carbonyl (C=O) groups excluding carboxylic acids is 2. The summed E-state index contributed by atoms with van der Waals surface area (Å²) in [4.78, 5) is 25.3. The third-order valence-electron chi connectivity index (χ3n) is 3.67. The summed E-state index contributed by atoms with van der Waals surface area (Å²) in [5, 5.41) is 0. The molecule has 0 N–H and O–H groups in total. The van der Waals surface area contributed by atoms with E-state index in [4.69, 9.17) is 9.47 Å². The fourth-order valence-electron chi connectivity index (χ4n) is 2.51. The van der Waals surface area contributed by atoms with Gasteiger partial charge in [-0.2, -0.15) is 0 Å². The number of hydrogen-bond acceptors (Lipinski definition) is 4. The number of aldehydes is 1. The van der Waals surface area contributed by atoms with Crippen LogP contribution in [0.1, 0.15) is 36.5 Å². The van der Waals surface area contributed by atoms with Crippen LogP contribution >= 0.6 is 0 Å². The van der Waals surface area contributed by atoms with Gasteiger partial charge in [-0.15, -0.1) is 0 Å². The van der Waals surface area contributed by atoms with Gasteiger partial charge in [0, 0.05) is 13.1 Å². The van der Waals surface area contributed by atoms with Crippen LogP contribution in [-0.4, -0.2) is 43.4 Å². The third-order valence-corrected chi connectivity index (χ3v) is 3.67. The van der Waals surface area contributed by atoms with Gasteiger partial charge in [-0.05, 0) is 38.3 Å². The Labute approximate surface area is 124 Å². The molecule has 1 heterocycles. The number of benzene rings is 1. The summed E-state index contributed by atoms with van der Waals surface area (Å²) in [6, 6.07) is 5.07. The number of ether oxygens (including phenoxy) is 2. The molecule has 0 saturated carbocycles. The molecule has 1 fully saturated rings. The first-order valence-corrected chi connectivity index (χ1v) is 7.25. The van der Waals surface area contributed by atoms with Crippen molar-refractivity contribution in [3.8, 4) is 11.5 Å². The molecule has 1 aromatic carbocycles. The maximum atomic E-state index is 12.4. The van der Waals surface area contributed by atoms with Crippen LogP contribution in [0.2, 0.25) is 0 Å². The zero-order valence-electron chi connectivity index (χ0n) is 12.5. The molecule has 1 aliphatic heterocycles. The second-order valence-corrected chi connectivity index (χ2v) is 5.14. The summed E-state index contributed by atoms with van der Waals surface area (Å²) in [5.74, 6) is 0.739. The van der Waals surface area contributed by atoms with Crippen LogP contribution in [0.15, 0.2) is 18.2 Å². The molecule has 1 aliphatic rings. The summed E-state index contributed by atoms with van der Waals surface area (Å²) < 4.78 is 10.9. The molecule has 1 aromatic rings. The molecule has 114 valence electrons. The number of rotatable bonds is 5. The fourth-order valence-corrected chi connectivity index (χ4v) is 2.51.